The van der Waals surface area contributed by atoms with Crippen LogP contribution in [0.4, 0.5) is 5.13 Å². The molecule has 0 atom stereocenters. The minimum atomic E-state index is -3.70. The van der Waals surface area contributed by atoms with E-state index in [9.17, 15) is 18.0 Å². The lowest BCUT2D eigenvalue weighted by Crippen LogP contribution is -2.40. The van der Waals surface area contributed by atoms with Gasteiger partial charge in [0.05, 0.1) is 50.3 Å². The van der Waals surface area contributed by atoms with Crippen LogP contribution in [0.15, 0.2) is 56.9 Å². The Bertz CT molecular complexity index is 1810. The third kappa shape index (κ3) is 8.40. The van der Waals surface area contributed by atoms with Gasteiger partial charge in [-0.25, -0.2) is 8.42 Å². The van der Waals surface area contributed by atoms with Crippen LogP contribution in [0.2, 0.25) is 0 Å². The van der Waals surface area contributed by atoms with E-state index in [-0.39, 0.29) is 41.8 Å². The molecular weight excluding hydrogens is 689 g/mol. The maximum absolute atomic E-state index is 13.1. The van der Waals surface area contributed by atoms with E-state index in [2.05, 4.69) is 31.0 Å². The van der Waals surface area contributed by atoms with Crippen molar-refractivity contribution in [1.82, 2.24) is 34.6 Å². The quantitative estimate of drug-likeness (QED) is 0.144. The maximum Gasteiger partial charge on any atom is 0.251 e. The molecular formula is C28H32N8O7S4. The summed E-state index contributed by atoms with van der Waals surface area (Å²) in [6.07, 6.45) is 0. The minimum absolute atomic E-state index is 0.00762. The number of ether oxygens (including phenoxy) is 3. The van der Waals surface area contributed by atoms with Gasteiger partial charge in [0, 0.05) is 24.7 Å². The van der Waals surface area contributed by atoms with E-state index < -0.39 is 15.9 Å². The van der Waals surface area contributed by atoms with Gasteiger partial charge in [0.25, 0.3) is 5.91 Å². The second kappa shape index (κ2) is 15.9. The SMILES string of the molecule is CCSc1nnc(NC(=O)CSc2nnc(CNC(=O)c3ccc(S(=O)(=O)N4CCOCC4)cc3)n2-c2cc(OC)ccc2OC)s1. The number of sulfonamides is 1. The lowest BCUT2D eigenvalue weighted by atomic mass is 10.2. The van der Waals surface area contributed by atoms with Gasteiger partial charge in [-0.1, -0.05) is 41.8 Å². The van der Waals surface area contributed by atoms with Crippen LogP contribution in [-0.4, -0.2) is 102 Å². The number of rotatable bonds is 14. The summed E-state index contributed by atoms with van der Waals surface area (Å²) in [5, 5.41) is 23.0. The zero-order valence-electron chi connectivity index (χ0n) is 25.7. The molecule has 2 N–H and O–H groups in total. The summed E-state index contributed by atoms with van der Waals surface area (Å²) in [7, 11) is -0.639. The molecule has 1 aliphatic rings. The van der Waals surface area contributed by atoms with E-state index in [4.69, 9.17) is 14.2 Å². The lowest BCUT2D eigenvalue weighted by Gasteiger charge is -2.26. The summed E-state index contributed by atoms with van der Waals surface area (Å²) >= 11 is 3.97. The molecule has 19 heteroatoms. The largest absolute Gasteiger partial charge is 0.497 e. The van der Waals surface area contributed by atoms with Gasteiger partial charge in [0.2, 0.25) is 21.1 Å². The standard InChI is InChI=1S/C28H32N8O7S4/c1-4-44-28-34-32-26(46-28)30-24(37)17-45-27-33-31-23(36(27)21-15-19(41-2)7-10-22(21)42-3)16-29-25(38)18-5-8-20(9-6-18)47(39,40)35-11-13-43-14-12-35/h5-10,15H,4,11-14,16-17H2,1-3H3,(H,29,38)(H,30,32,37). The Morgan fingerprint density at radius 3 is 2.47 bits per heavy atom. The maximum atomic E-state index is 13.1. The molecule has 4 aromatic rings. The first-order valence-electron chi connectivity index (χ1n) is 14.2. The summed E-state index contributed by atoms with van der Waals surface area (Å²) in [5.74, 6) is 1.46. The van der Waals surface area contributed by atoms with Crippen LogP contribution >= 0.6 is 34.9 Å². The first-order chi connectivity index (χ1) is 22.7. The first kappa shape index (κ1) is 34.6. The van der Waals surface area contributed by atoms with Crippen LogP contribution in [0, 0.1) is 0 Å². The van der Waals surface area contributed by atoms with Crippen LogP contribution in [0.25, 0.3) is 5.69 Å². The van der Waals surface area contributed by atoms with E-state index in [1.165, 1.54) is 65.9 Å². The molecule has 2 aromatic heterocycles. The second-order valence-electron chi connectivity index (χ2n) is 9.64. The summed E-state index contributed by atoms with van der Waals surface area (Å²) in [6.45, 7) is 3.18. The molecule has 0 spiro atoms. The highest BCUT2D eigenvalue weighted by atomic mass is 32.2. The van der Waals surface area contributed by atoms with Gasteiger partial charge < -0.3 is 19.5 Å². The molecule has 1 saturated heterocycles. The molecule has 1 fully saturated rings. The Kier molecular flexibility index (Phi) is 11.7. The highest BCUT2D eigenvalue weighted by Gasteiger charge is 2.27. The van der Waals surface area contributed by atoms with Gasteiger partial charge in [-0.15, -0.1) is 20.4 Å². The van der Waals surface area contributed by atoms with Crippen molar-refractivity contribution in [1.29, 1.82) is 0 Å². The fourth-order valence-electron chi connectivity index (χ4n) is 4.42. The number of morpholine rings is 1. The number of hydrogen-bond donors (Lipinski definition) is 2. The zero-order chi connectivity index (χ0) is 33.4. The number of amides is 2. The van der Waals surface area contributed by atoms with Crippen molar-refractivity contribution in [3.05, 3.63) is 53.9 Å². The van der Waals surface area contributed by atoms with Crippen molar-refractivity contribution >= 4 is 61.8 Å². The normalized spacial score (nSPS) is 13.7. The highest BCUT2D eigenvalue weighted by molar-refractivity contribution is 8.01. The Hall–Kier alpha value is -3.75. The molecule has 2 aromatic carbocycles. The summed E-state index contributed by atoms with van der Waals surface area (Å²) in [5.41, 5.74) is 0.798. The number of thioether (sulfide) groups is 2. The highest BCUT2D eigenvalue weighted by Crippen LogP contribution is 2.32. The number of hydrogen-bond acceptors (Lipinski definition) is 14. The van der Waals surface area contributed by atoms with Gasteiger partial charge in [-0.05, 0) is 42.2 Å². The third-order valence-electron chi connectivity index (χ3n) is 6.71. The fraction of sp³-hybridized carbons (Fsp3) is 0.357. The monoisotopic (exact) mass is 720 g/mol. The number of aromatic nitrogens is 5. The molecule has 250 valence electrons. The van der Waals surface area contributed by atoms with Gasteiger partial charge in [-0.2, -0.15) is 4.31 Å². The molecule has 0 saturated carbocycles. The molecule has 0 radical (unpaired) electrons. The van der Waals surface area contributed by atoms with Crippen LogP contribution in [-0.2, 0) is 26.1 Å². The van der Waals surface area contributed by atoms with Crippen molar-refractivity contribution < 1.29 is 32.2 Å². The second-order valence-corrected chi connectivity index (χ2v) is 15.0. The third-order valence-corrected chi connectivity index (χ3v) is 11.4. The van der Waals surface area contributed by atoms with Gasteiger partial charge >= 0.3 is 0 Å². The summed E-state index contributed by atoms with van der Waals surface area (Å²) < 4.78 is 46.0. The Morgan fingerprint density at radius 2 is 1.77 bits per heavy atom. The lowest BCUT2D eigenvalue weighted by molar-refractivity contribution is -0.113. The predicted octanol–water partition coefficient (Wildman–Crippen LogP) is 2.93. The van der Waals surface area contributed by atoms with E-state index in [1.807, 2.05) is 6.92 Å². The Labute approximate surface area is 283 Å². The minimum Gasteiger partial charge on any atom is -0.497 e. The summed E-state index contributed by atoms with van der Waals surface area (Å²) in [4.78, 5) is 26.0. The average molecular weight is 721 g/mol. The van der Waals surface area contributed by atoms with Crippen molar-refractivity contribution in [2.75, 3.05) is 57.3 Å². The van der Waals surface area contributed by atoms with E-state index >= 15 is 0 Å². The molecule has 0 aliphatic carbocycles. The van der Waals surface area contributed by atoms with Gasteiger partial charge in [-0.3, -0.25) is 19.5 Å². The molecule has 2 amide bonds. The fourth-order valence-corrected chi connectivity index (χ4v) is 8.26. The number of anilines is 1. The summed E-state index contributed by atoms with van der Waals surface area (Å²) in [6, 6.07) is 10.9. The zero-order valence-corrected chi connectivity index (χ0v) is 28.9. The number of carbonyl (C=O) groups is 2. The van der Waals surface area contributed by atoms with Crippen molar-refractivity contribution in [2.45, 2.75) is 27.9 Å². The molecule has 3 heterocycles. The van der Waals surface area contributed by atoms with Crippen LogP contribution < -0.4 is 20.1 Å². The van der Waals surface area contributed by atoms with Gasteiger partial charge in [0.15, 0.2) is 15.3 Å². The number of benzene rings is 2. The molecule has 0 bridgehead atoms. The smallest absolute Gasteiger partial charge is 0.251 e. The molecule has 1 aliphatic heterocycles. The number of carbonyl (C=O) groups excluding carboxylic acids is 2. The number of nitrogens with one attached hydrogen (secondary N) is 2. The molecule has 0 unspecified atom stereocenters. The molecule has 15 nitrogen and oxygen atoms in total. The topological polar surface area (TPSA) is 180 Å². The molecule has 5 rings (SSSR count). The first-order valence-corrected chi connectivity index (χ1v) is 18.5. The van der Waals surface area contributed by atoms with Crippen LogP contribution in [0.3, 0.4) is 0 Å². The predicted molar refractivity (Wildman–Crippen MR) is 177 cm³/mol. The molecule has 47 heavy (non-hydrogen) atoms. The van der Waals surface area contributed by atoms with E-state index in [0.29, 0.717) is 46.5 Å². The number of methoxy groups -OCH3 is 2. The number of nitrogens with zero attached hydrogens (tertiary/aromatic N) is 6. The average Bonchev–Trinajstić information content (AvgIpc) is 3.72. The van der Waals surface area contributed by atoms with Crippen LogP contribution in [0.1, 0.15) is 23.1 Å². The van der Waals surface area contributed by atoms with Gasteiger partial charge in [0.1, 0.15) is 11.5 Å². The van der Waals surface area contributed by atoms with Crippen molar-refractivity contribution in [3.8, 4) is 17.2 Å². The van der Waals surface area contributed by atoms with Crippen molar-refractivity contribution in [3.63, 3.8) is 0 Å². The van der Waals surface area contributed by atoms with E-state index in [0.717, 1.165) is 21.9 Å². The van der Waals surface area contributed by atoms with Crippen LogP contribution in [0.5, 0.6) is 11.5 Å². The Balaban J connectivity index is 1.32. The van der Waals surface area contributed by atoms with E-state index in [1.54, 1.807) is 22.8 Å². The van der Waals surface area contributed by atoms with Crippen molar-refractivity contribution in [2.24, 2.45) is 0 Å². The Morgan fingerprint density at radius 1 is 1.00 bits per heavy atom.